The Labute approximate surface area is 138 Å². The summed E-state index contributed by atoms with van der Waals surface area (Å²) in [5.74, 6) is 0.0306. The average molecular weight is 330 g/mol. The van der Waals surface area contributed by atoms with Gasteiger partial charge in [-0.3, -0.25) is 9.59 Å². The number of aromatic nitrogens is 2. The molecule has 1 aromatic carbocycles. The van der Waals surface area contributed by atoms with E-state index in [4.69, 9.17) is 9.47 Å². The molecule has 126 valence electrons. The molecule has 1 aliphatic rings. The lowest BCUT2D eigenvalue weighted by atomic mass is 10.2. The van der Waals surface area contributed by atoms with Gasteiger partial charge in [0.2, 0.25) is 6.79 Å². The second kappa shape index (κ2) is 7.49. The van der Waals surface area contributed by atoms with Crippen LogP contribution < -0.4 is 20.1 Å². The average Bonchev–Trinajstić information content (AvgIpc) is 3.27. The first-order chi connectivity index (χ1) is 11.7. The summed E-state index contributed by atoms with van der Waals surface area (Å²) in [5, 5.41) is 5.18. The molecule has 2 amide bonds. The summed E-state index contributed by atoms with van der Waals surface area (Å²) in [4.78, 5) is 27.4. The Morgan fingerprint density at radius 3 is 2.83 bits per heavy atom. The van der Waals surface area contributed by atoms with E-state index >= 15 is 0 Å². The van der Waals surface area contributed by atoms with Crippen molar-refractivity contribution < 1.29 is 19.1 Å². The maximum Gasteiger partial charge on any atom is 0.309 e. The molecule has 0 radical (unpaired) electrons. The molecule has 0 aliphatic carbocycles. The fourth-order valence-electron chi connectivity index (χ4n) is 2.28. The van der Waals surface area contributed by atoms with Gasteiger partial charge in [0, 0.05) is 32.0 Å². The lowest BCUT2D eigenvalue weighted by Gasteiger charge is -2.07. The largest absolute Gasteiger partial charge is 0.454 e. The highest BCUT2D eigenvalue weighted by atomic mass is 16.7. The number of ether oxygens (including phenoxy) is 2. The van der Waals surface area contributed by atoms with Crippen LogP contribution in [-0.4, -0.2) is 34.7 Å². The Balaban J connectivity index is 1.37. The fraction of sp³-hybridized carbons (Fsp3) is 0.312. The van der Waals surface area contributed by atoms with Crippen molar-refractivity contribution in [2.45, 2.75) is 19.5 Å². The van der Waals surface area contributed by atoms with E-state index in [9.17, 15) is 9.59 Å². The Kier molecular flexibility index (Phi) is 4.95. The summed E-state index contributed by atoms with van der Waals surface area (Å²) < 4.78 is 12.4. The van der Waals surface area contributed by atoms with E-state index in [1.165, 1.54) is 0 Å². The van der Waals surface area contributed by atoms with E-state index in [0.29, 0.717) is 18.0 Å². The number of aryl methyl sites for hydroxylation is 1. The number of nitrogens with one attached hydrogen (secondary N) is 2. The zero-order chi connectivity index (χ0) is 16.8. The highest BCUT2D eigenvalue weighted by molar-refractivity contribution is 6.35. The monoisotopic (exact) mass is 330 g/mol. The van der Waals surface area contributed by atoms with E-state index in [-0.39, 0.29) is 13.3 Å². The molecule has 2 aromatic rings. The number of fused-ring (bicyclic) bond motifs is 1. The number of hydrogen-bond acceptors (Lipinski definition) is 5. The van der Waals surface area contributed by atoms with Gasteiger partial charge in [0.05, 0.1) is 6.33 Å². The quantitative estimate of drug-likeness (QED) is 0.592. The minimum absolute atomic E-state index is 0.201. The first-order valence-corrected chi connectivity index (χ1v) is 7.62. The second-order valence-electron chi connectivity index (χ2n) is 5.28. The van der Waals surface area contributed by atoms with Crippen molar-refractivity contribution in [1.82, 2.24) is 20.2 Å². The maximum atomic E-state index is 11.8. The number of amides is 2. The van der Waals surface area contributed by atoms with Crippen LogP contribution in [0.5, 0.6) is 11.5 Å². The smallest absolute Gasteiger partial charge is 0.309 e. The van der Waals surface area contributed by atoms with Crippen molar-refractivity contribution >= 4 is 11.8 Å². The molecule has 3 rings (SSSR count). The van der Waals surface area contributed by atoms with Crippen LogP contribution in [0, 0.1) is 0 Å². The number of carbonyl (C=O) groups excluding carboxylic acids is 2. The van der Waals surface area contributed by atoms with Crippen LogP contribution in [-0.2, 0) is 22.7 Å². The highest BCUT2D eigenvalue weighted by Gasteiger charge is 2.15. The third kappa shape index (κ3) is 4.03. The van der Waals surface area contributed by atoms with E-state index < -0.39 is 11.8 Å². The van der Waals surface area contributed by atoms with Gasteiger partial charge in [-0.2, -0.15) is 0 Å². The molecule has 0 atom stereocenters. The number of benzene rings is 1. The highest BCUT2D eigenvalue weighted by Crippen LogP contribution is 2.32. The van der Waals surface area contributed by atoms with Gasteiger partial charge in [-0.15, -0.1) is 0 Å². The molecule has 0 fully saturated rings. The summed E-state index contributed by atoms with van der Waals surface area (Å²) >= 11 is 0. The number of imidazole rings is 1. The summed E-state index contributed by atoms with van der Waals surface area (Å²) in [5.41, 5.74) is 0.834. The lowest BCUT2D eigenvalue weighted by Crippen LogP contribution is -2.40. The molecule has 24 heavy (non-hydrogen) atoms. The molecule has 2 heterocycles. The van der Waals surface area contributed by atoms with Gasteiger partial charge in [-0.25, -0.2) is 4.98 Å². The zero-order valence-corrected chi connectivity index (χ0v) is 13.0. The molecule has 0 spiro atoms. The van der Waals surface area contributed by atoms with Crippen molar-refractivity contribution in [2.24, 2.45) is 0 Å². The first-order valence-electron chi connectivity index (χ1n) is 7.62. The molecule has 2 N–H and O–H groups in total. The second-order valence-corrected chi connectivity index (χ2v) is 5.28. The van der Waals surface area contributed by atoms with Crippen LogP contribution in [0.25, 0.3) is 0 Å². The maximum absolute atomic E-state index is 11.8. The van der Waals surface area contributed by atoms with Gasteiger partial charge < -0.3 is 24.7 Å². The van der Waals surface area contributed by atoms with E-state index in [1.807, 2.05) is 16.8 Å². The molecule has 8 heteroatoms. The topological polar surface area (TPSA) is 94.5 Å². The Bertz CT molecular complexity index is 715. The van der Waals surface area contributed by atoms with Crippen LogP contribution in [0.3, 0.4) is 0 Å². The van der Waals surface area contributed by atoms with E-state index in [2.05, 4.69) is 15.6 Å². The Morgan fingerprint density at radius 1 is 1.17 bits per heavy atom. The number of nitrogens with zero attached hydrogens (tertiary/aromatic N) is 2. The summed E-state index contributed by atoms with van der Waals surface area (Å²) in [6, 6.07) is 5.38. The van der Waals surface area contributed by atoms with Crippen LogP contribution in [0.4, 0.5) is 0 Å². The molecule has 8 nitrogen and oxygen atoms in total. The first kappa shape index (κ1) is 15.9. The van der Waals surface area contributed by atoms with Gasteiger partial charge in [-0.05, 0) is 24.1 Å². The van der Waals surface area contributed by atoms with Crippen molar-refractivity contribution in [1.29, 1.82) is 0 Å². The molecule has 0 saturated heterocycles. The normalized spacial score (nSPS) is 12.0. The standard InChI is InChI=1S/C16H18N4O4/c21-15(18-4-1-6-20-7-5-17-10-20)16(22)19-9-12-2-3-13-14(8-12)24-11-23-13/h2-3,5,7-8,10H,1,4,6,9,11H2,(H,18,21)(H,19,22). The predicted octanol–water partition coefficient (Wildman–Crippen LogP) is 0.434. The molecular weight excluding hydrogens is 312 g/mol. The third-order valence-corrected chi connectivity index (χ3v) is 3.53. The summed E-state index contributed by atoms with van der Waals surface area (Å²) in [7, 11) is 0. The van der Waals surface area contributed by atoms with E-state index in [1.54, 1.807) is 24.7 Å². The molecule has 0 bridgehead atoms. The van der Waals surface area contributed by atoms with E-state index in [0.717, 1.165) is 18.5 Å². The van der Waals surface area contributed by atoms with Crippen molar-refractivity contribution in [3.8, 4) is 11.5 Å². The van der Waals surface area contributed by atoms with Crippen LogP contribution in [0.1, 0.15) is 12.0 Å². The summed E-state index contributed by atoms with van der Waals surface area (Å²) in [6.45, 7) is 1.61. The fourth-order valence-corrected chi connectivity index (χ4v) is 2.28. The predicted molar refractivity (Wildman–Crippen MR) is 84.3 cm³/mol. The van der Waals surface area contributed by atoms with Gasteiger partial charge in [0.15, 0.2) is 11.5 Å². The van der Waals surface area contributed by atoms with Crippen molar-refractivity contribution in [3.05, 3.63) is 42.5 Å². The van der Waals surface area contributed by atoms with Gasteiger partial charge in [0.25, 0.3) is 0 Å². The SMILES string of the molecule is O=C(NCCCn1ccnc1)C(=O)NCc1ccc2c(c1)OCO2. The number of carbonyl (C=O) groups is 2. The number of hydrogen-bond donors (Lipinski definition) is 2. The van der Waals surface area contributed by atoms with Gasteiger partial charge in [0.1, 0.15) is 0 Å². The van der Waals surface area contributed by atoms with Crippen LogP contribution in [0.2, 0.25) is 0 Å². The molecular formula is C16H18N4O4. The van der Waals surface area contributed by atoms with Gasteiger partial charge >= 0.3 is 11.8 Å². The Hall–Kier alpha value is -3.03. The summed E-state index contributed by atoms with van der Waals surface area (Å²) in [6.07, 6.45) is 5.97. The zero-order valence-electron chi connectivity index (χ0n) is 13.0. The minimum Gasteiger partial charge on any atom is -0.454 e. The van der Waals surface area contributed by atoms with Crippen LogP contribution >= 0.6 is 0 Å². The lowest BCUT2D eigenvalue weighted by molar-refractivity contribution is -0.139. The molecule has 0 unspecified atom stereocenters. The Morgan fingerprint density at radius 2 is 2.00 bits per heavy atom. The minimum atomic E-state index is -0.657. The molecule has 0 saturated carbocycles. The molecule has 1 aliphatic heterocycles. The van der Waals surface area contributed by atoms with Crippen LogP contribution in [0.15, 0.2) is 36.9 Å². The van der Waals surface area contributed by atoms with Gasteiger partial charge in [-0.1, -0.05) is 6.07 Å². The van der Waals surface area contributed by atoms with Crippen molar-refractivity contribution in [2.75, 3.05) is 13.3 Å². The third-order valence-electron chi connectivity index (χ3n) is 3.53. The number of rotatable bonds is 6. The molecule has 1 aromatic heterocycles. The van der Waals surface area contributed by atoms with Crippen molar-refractivity contribution in [3.63, 3.8) is 0 Å².